The molecular weight excluding hydrogens is 128 g/mol. The lowest BCUT2D eigenvalue weighted by Crippen LogP contribution is -2.22. The third kappa shape index (κ3) is 2.01. The molecule has 0 N–H and O–H groups in total. The van der Waals surface area contributed by atoms with E-state index in [0.717, 1.165) is 25.7 Å². The van der Waals surface area contributed by atoms with Crippen molar-refractivity contribution >= 4 is 5.97 Å². The number of hydrogen-bond acceptors (Lipinski definition) is 2. The van der Waals surface area contributed by atoms with Crippen LogP contribution in [0.15, 0.2) is 0 Å². The van der Waals surface area contributed by atoms with Gasteiger partial charge in [-0.2, -0.15) is 0 Å². The minimum atomic E-state index is -0.00954. The zero-order valence-corrected chi connectivity index (χ0v) is 6.43. The van der Waals surface area contributed by atoms with Gasteiger partial charge in [0.1, 0.15) is 6.10 Å². The minimum Gasteiger partial charge on any atom is -0.462 e. The summed E-state index contributed by atoms with van der Waals surface area (Å²) in [6.45, 7) is 2.11. The molecule has 1 rings (SSSR count). The van der Waals surface area contributed by atoms with Gasteiger partial charge in [-0.3, -0.25) is 4.79 Å². The van der Waals surface area contributed by atoms with E-state index in [1.807, 2.05) is 0 Å². The Balaban J connectivity index is 2.25. The Labute approximate surface area is 61.6 Å². The van der Waals surface area contributed by atoms with E-state index in [0.29, 0.717) is 6.42 Å². The number of hydrogen-bond donors (Lipinski definition) is 0. The van der Waals surface area contributed by atoms with Gasteiger partial charge in [0.15, 0.2) is 0 Å². The quantitative estimate of drug-likeness (QED) is 0.550. The maximum Gasteiger partial charge on any atom is 0.306 e. The molecule has 0 radical (unpaired) electrons. The molecule has 0 aliphatic carbocycles. The fourth-order valence-electron chi connectivity index (χ4n) is 1.30. The number of carbonyl (C=O) groups is 1. The summed E-state index contributed by atoms with van der Waals surface area (Å²) >= 11 is 0. The van der Waals surface area contributed by atoms with Gasteiger partial charge in [-0.25, -0.2) is 0 Å². The standard InChI is InChI=1S/C8H14O2/c1-2-4-7-5-3-6-8(9)10-7/h7H,2-6H2,1H3. The average Bonchev–Trinajstić information content (AvgIpc) is 1.88. The molecule has 1 saturated heterocycles. The van der Waals surface area contributed by atoms with Crippen LogP contribution in [-0.2, 0) is 9.53 Å². The highest BCUT2D eigenvalue weighted by molar-refractivity contribution is 5.70. The van der Waals surface area contributed by atoms with E-state index < -0.39 is 0 Å². The van der Waals surface area contributed by atoms with Crippen LogP contribution in [0.2, 0.25) is 0 Å². The Bertz CT molecular complexity index is 118. The van der Waals surface area contributed by atoms with Gasteiger partial charge in [-0.1, -0.05) is 13.3 Å². The molecule has 0 aromatic carbocycles. The highest BCUT2D eigenvalue weighted by Crippen LogP contribution is 2.17. The first kappa shape index (κ1) is 7.58. The fourth-order valence-corrected chi connectivity index (χ4v) is 1.30. The number of ether oxygens (including phenoxy) is 1. The largest absolute Gasteiger partial charge is 0.462 e. The number of esters is 1. The zero-order valence-electron chi connectivity index (χ0n) is 6.43. The summed E-state index contributed by atoms with van der Waals surface area (Å²) in [5.41, 5.74) is 0. The molecule has 0 aromatic rings. The predicted molar refractivity (Wildman–Crippen MR) is 38.6 cm³/mol. The van der Waals surface area contributed by atoms with Crippen molar-refractivity contribution in [3.05, 3.63) is 0 Å². The average molecular weight is 142 g/mol. The molecule has 1 aliphatic heterocycles. The third-order valence-corrected chi connectivity index (χ3v) is 1.82. The summed E-state index contributed by atoms with van der Waals surface area (Å²) in [7, 11) is 0. The van der Waals surface area contributed by atoms with E-state index in [2.05, 4.69) is 6.92 Å². The van der Waals surface area contributed by atoms with Crippen molar-refractivity contribution in [3.63, 3.8) is 0 Å². The highest BCUT2D eigenvalue weighted by atomic mass is 16.5. The first-order valence-corrected chi connectivity index (χ1v) is 4.02. The Morgan fingerprint density at radius 2 is 2.50 bits per heavy atom. The monoisotopic (exact) mass is 142 g/mol. The molecule has 1 unspecified atom stereocenters. The van der Waals surface area contributed by atoms with Gasteiger partial charge in [0.05, 0.1) is 0 Å². The van der Waals surface area contributed by atoms with Crippen molar-refractivity contribution in [2.24, 2.45) is 0 Å². The van der Waals surface area contributed by atoms with Crippen molar-refractivity contribution in [2.45, 2.75) is 45.1 Å². The summed E-state index contributed by atoms with van der Waals surface area (Å²) in [5, 5.41) is 0. The molecular formula is C8H14O2. The highest BCUT2D eigenvalue weighted by Gasteiger charge is 2.18. The first-order chi connectivity index (χ1) is 4.83. The lowest BCUT2D eigenvalue weighted by Gasteiger charge is -2.21. The molecule has 1 heterocycles. The van der Waals surface area contributed by atoms with E-state index in [4.69, 9.17) is 4.74 Å². The van der Waals surface area contributed by atoms with Crippen LogP contribution in [0.5, 0.6) is 0 Å². The molecule has 58 valence electrons. The van der Waals surface area contributed by atoms with Crippen LogP contribution in [0.1, 0.15) is 39.0 Å². The van der Waals surface area contributed by atoms with Crippen molar-refractivity contribution in [1.29, 1.82) is 0 Å². The number of carbonyl (C=O) groups excluding carboxylic acids is 1. The zero-order chi connectivity index (χ0) is 7.40. The lowest BCUT2D eigenvalue weighted by molar-refractivity contribution is -0.153. The first-order valence-electron chi connectivity index (χ1n) is 4.02. The Morgan fingerprint density at radius 1 is 1.70 bits per heavy atom. The van der Waals surface area contributed by atoms with Crippen molar-refractivity contribution in [3.8, 4) is 0 Å². The van der Waals surface area contributed by atoms with Crippen molar-refractivity contribution in [1.82, 2.24) is 0 Å². The van der Waals surface area contributed by atoms with Gasteiger partial charge < -0.3 is 4.74 Å². The molecule has 1 aliphatic rings. The maximum atomic E-state index is 10.7. The topological polar surface area (TPSA) is 26.3 Å². The third-order valence-electron chi connectivity index (χ3n) is 1.82. The van der Waals surface area contributed by atoms with Crippen molar-refractivity contribution in [2.75, 3.05) is 0 Å². The van der Waals surface area contributed by atoms with E-state index in [-0.39, 0.29) is 12.1 Å². The minimum absolute atomic E-state index is 0.00954. The van der Waals surface area contributed by atoms with Gasteiger partial charge >= 0.3 is 5.97 Å². The number of cyclic esters (lactones) is 1. The molecule has 0 saturated carbocycles. The molecule has 1 atom stereocenters. The Kier molecular flexibility index (Phi) is 2.72. The van der Waals surface area contributed by atoms with Crippen LogP contribution < -0.4 is 0 Å². The van der Waals surface area contributed by atoms with E-state index in [1.165, 1.54) is 0 Å². The SMILES string of the molecule is CCCC1CCCC(=O)O1. The summed E-state index contributed by atoms with van der Waals surface area (Å²) in [4.78, 5) is 10.7. The molecule has 0 spiro atoms. The molecule has 2 heteroatoms. The second-order valence-corrected chi connectivity index (χ2v) is 2.79. The van der Waals surface area contributed by atoms with Crippen LogP contribution >= 0.6 is 0 Å². The summed E-state index contributed by atoms with van der Waals surface area (Å²) < 4.78 is 5.09. The summed E-state index contributed by atoms with van der Waals surface area (Å²) in [6, 6.07) is 0. The lowest BCUT2D eigenvalue weighted by atomic mass is 10.1. The van der Waals surface area contributed by atoms with Crippen LogP contribution in [0.25, 0.3) is 0 Å². The molecule has 0 aromatic heterocycles. The van der Waals surface area contributed by atoms with E-state index >= 15 is 0 Å². The second-order valence-electron chi connectivity index (χ2n) is 2.79. The normalized spacial score (nSPS) is 26.1. The van der Waals surface area contributed by atoms with Crippen LogP contribution in [0.3, 0.4) is 0 Å². The predicted octanol–water partition coefficient (Wildman–Crippen LogP) is 1.88. The number of rotatable bonds is 2. The van der Waals surface area contributed by atoms with Crippen LogP contribution in [-0.4, -0.2) is 12.1 Å². The Hall–Kier alpha value is -0.530. The summed E-state index contributed by atoms with van der Waals surface area (Å²) in [5.74, 6) is -0.00954. The fraction of sp³-hybridized carbons (Fsp3) is 0.875. The van der Waals surface area contributed by atoms with Crippen LogP contribution in [0, 0.1) is 0 Å². The summed E-state index contributed by atoms with van der Waals surface area (Å²) in [6.07, 6.45) is 5.08. The van der Waals surface area contributed by atoms with Crippen molar-refractivity contribution < 1.29 is 9.53 Å². The molecule has 0 bridgehead atoms. The maximum absolute atomic E-state index is 10.7. The molecule has 2 nitrogen and oxygen atoms in total. The van der Waals surface area contributed by atoms with Gasteiger partial charge in [0.25, 0.3) is 0 Å². The molecule has 10 heavy (non-hydrogen) atoms. The van der Waals surface area contributed by atoms with Gasteiger partial charge in [-0.15, -0.1) is 0 Å². The van der Waals surface area contributed by atoms with Gasteiger partial charge in [0.2, 0.25) is 0 Å². The van der Waals surface area contributed by atoms with Gasteiger partial charge in [-0.05, 0) is 19.3 Å². The molecule has 1 fully saturated rings. The smallest absolute Gasteiger partial charge is 0.306 e. The van der Waals surface area contributed by atoms with E-state index in [1.54, 1.807) is 0 Å². The van der Waals surface area contributed by atoms with E-state index in [9.17, 15) is 4.79 Å². The second kappa shape index (κ2) is 3.59. The van der Waals surface area contributed by atoms with Gasteiger partial charge in [0, 0.05) is 6.42 Å². The van der Waals surface area contributed by atoms with Crippen LogP contribution in [0.4, 0.5) is 0 Å². The Morgan fingerprint density at radius 3 is 3.10 bits per heavy atom. The molecule has 0 amide bonds.